The van der Waals surface area contributed by atoms with E-state index in [9.17, 15) is 13.2 Å². The monoisotopic (exact) mass is 410 g/mol. The maximum absolute atomic E-state index is 12.6. The van der Waals surface area contributed by atoms with Crippen molar-refractivity contribution in [2.75, 3.05) is 18.9 Å². The van der Waals surface area contributed by atoms with Crippen LogP contribution in [0, 0.1) is 0 Å². The topological polar surface area (TPSA) is 66.5 Å². The predicted octanol–water partition coefficient (Wildman–Crippen LogP) is 3.27. The second kappa shape index (κ2) is 7.92. The number of amides is 1. The number of nitrogens with zero attached hydrogens (tertiary/aromatic N) is 1. The number of likely N-dealkylation sites (N-methyl/N-ethyl adjacent to an activating group) is 1. The van der Waals surface area contributed by atoms with Gasteiger partial charge < -0.3 is 5.32 Å². The first kappa shape index (κ1) is 18.6. The number of para-hydroxylation sites is 1. The molecule has 0 aromatic heterocycles. The maximum Gasteiger partial charge on any atom is 0.244 e. The van der Waals surface area contributed by atoms with Crippen LogP contribution in [0.15, 0.2) is 57.9 Å². The molecule has 24 heavy (non-hydrogen) atoms. The Balaban J connectivity index is 2.13. The molecule has 7 heteroatoms. The van der Waals surface area contributed by atoms with Crippen molar-refractivity contribution in [2.45, 2.75) is 18.2 Å². The number of hydrogen-bond donors (Lipinski definition) is 1. The lowest BCUT2D eigenvalue weighted by molar-refractivity contribution is -0.116. The van der Waals surface area contributed by atoms with Crippen molar-refractivity contribution in [2.24, 2.45) is 0 Å². The van der Waals surface area contributed by atoms with E-state index in [2.05, 4.69) is 21.2 Å². The molecule has 0 saturated heterocycles. The van der Waals surface area contributed by atoms with Crippen LogP contribution in [-0.4, -0.2) is 32.2 Å². The number of sulfonamides is 1. The van der Waals surface area contributed by atoms with E-state index in [4.69, 9.17) is 0 Å². The molecular formula is C17H19BrN2O3S. The van der Waals surface area contributed by atoms with Crippen molar-refractivity contribution < 1.29 is 13.2 Å². The van der Waals surface area contributed by atoms with Crippen LogP contribution in [0.5, 0.6) is 0 Å². The average molecular weight is 411 g/mol. The maximum atomic E-state index is 12.6. The molecule has 1 N–H and O–H groups in total. The standard InChI is InChI=1S/C17H19BrN2O3S/c1-3-13-8-4-6-10-15(13)19-17(21)12-20(2)24(22,23)16-11-7-5-9-14(16)18/h4-11H,3,12H2,1-2H3,(H,19,21). The van der Waals surface area contributed by atoms with Crippen molar-refractivity contribution >= 4 is 37.5 Å². The highest BCUT2D eigenvalue weighted by molar-refractivity contribution is 9.10. The van der Waals surface area contributed by atoms with E-state index in [0.717, 1.165) is 16.3 Å². The third kappa shape index (κ3) is 4.23. The van der Waals surface area contributed by atoms with Gasteiger partial charge in [0.1, 0.15) is 0 Å². The van der Waals surface area contributed by atoms with E-state index in [1.54, 1.807) is 24.3 Å². The van der Waals surface area contributed by atoms with Gasteiger partial charge in [-0.3, -0.25) is 4.79 Å². The van der Waals surface area contributed by atoms with Crippen LogP contribution in [0.1, 0.15) is 12.5 Å². The Kier molecular flexibility index (Phi) is 6.15. The summed E-state index contributed by atoms with van der Waals surface area (Å²) in [5, 5.41) is 2.77. The van der Waals surface area contributed by atoms with Crippen LogP contribution >= 0.6 is 15.9 Å². The molecule has 2 aromatic rings. The third-order valence-electron chi connectivity index (χ3n) is 3.56. The Labute approximate surface area is 150 Å². The molecule has 0 saturated carbocycles. The highest BCUT2D eigenvalue weighted by Crippen LogP contribution is 2.24. The molecular weight excluding hydrogens is 392 g/mol. The van der Waals surface area contributed by atoms with Gasteiger partial charge in [0.2, 0.25) is 15.9 Å². The number of halogens is 1. The summed E-state index contributed by atoms with van der Waals surface area (Å²) in [7, 11) is -2.36. The minimum absolute atomic E-state index is 0.134. The number of nitrogens with one attached hydrogen (secondary N) is 1. The summed E-state index contributed by atoms with van der Waals surface area (Å²) in [6, 6.07) is 14.0. The smallest absolute Gasteiger partial charge is 0.244 e. The zero-order valence-electron chi connectivity index (χ0n) is 13.5. The molecule has 0 bridgehead atoms. The van der Waals surface area contributed by atoms with Gasteiger partial charge >= 0.3 is 0 Å². The fraction of sp³-hybridized carbons (Fsp3) is 0.235. The molecule has 0 spiro atoms. The van der Waals surface area contributed by atoms with Gasteiger partial charge in [0.25, 0.3) is 0 Å². The van der Waals surface area contributed by atoms with Crippen molar-refractivity contribution in [3.63, 3.8) is 0 Å². The first-order valence-electron chi connectivity index (χ1n) is 7.45. The summed E-state index contributed by atoms with van der Waals surface area (Å²) < 4.78 is 26.7. The highest BCUT2D eigenvalue weighted by atomic mass is 79.9. The van der Waals surface area contributed by atoms with E-state index < -0.39 is 10.0 Å². The van der Waals surface area contributed by atoms with E-state index in [1.807, 2.05) is 25.1 Å². The second-order valence-electron chi connectivity index (χ2n) is 5.25. The van der Waals surface area contributed by atoms with Crippen LogP contribution in [0.2, 0.25) is 0 Å². The van der Waals surface area contributed by atoms with E-state index in [1.165, 1.54) is 13.1 Å². The normalized spacial score (nSPS) is 11.5. The first-order valence-corrected chi connectivity index (χ1v) is 9.68. The minimum Gasteiger partial charge on any atom is -0.325 e. The van der Waals surface area contributed by atoms with Gasteiger partial charge in [0.05, 0.1) is 11.4 Å². The molecule has 2 aromatic carbocycles. The Morgan fingerprint density at radius 1 is 1.12 bits per heavy atom. The van der Waals surface area contributed by atoms with Crippen LogP contribution in [0.3, 0.4) is 0 Å². The van der Waals surface area contributed by atoms with Crippen LogP contribution in [-0.2, 0) is 21.2 Å². The molecule has 0 aliphatic carbocycles. The summed E-state index contributed by atoms with van der Waals surface area (Å²) in [5.41, 5.74) is 1.71. The van der Waals surface area contributed by atoms with Crippen molar-refractivity contribution in [1.82, 2.24) is 4.31 Å². The van der Waals surface area contributed by atoms with Gasteiger partial charge in [0, 0.05) is 17.2 Å². The second-order valence-corrected chi connectivity index (χ2v) is 8.12. The Morgan fingerprint density at radius 3 is 2.42 bits per heavy atom. The number of anilines is 1. The fourth-order valence-corrected chi connectivity index (χ4v) is 4.34. The highest BCUT2D eigenvalue weighted by Gasteiger charge is 2.25. The molecule has 0 heterocycles. The molecule has 0 unspecified atom stereocenters. The molecule has 0 fully saturated rings. The molecule has 0 aliphatic rings. The molecule has 128 valence electrons. The van der Waals surface area contributed by atoms with Crippen molar-refractivity contribution in [1.29, 1.82) is 0 Å². The molecule has 0 atom stereocenters. The number of carbonyl (C=O) groups excluding carboxylic acids is 1. The largest absolute Gasteiger partial charge is 0.325 e. The SMILES string of the molecule is CCc1ccccc1NC(=O)CN(C)S(=O)(=O)c1ccccc1Br. The Hall–Kier alpha value is -1.70. The van der Waals surface area contributed by atoms with Gasteiger partial charge in [-0.15, -0.1) is 0 Å². The summed E-state index contributed by atoms with van der Waals surface area (Å²) in [5.74, 6) is -0.381. The van der Waals surface area contributed by atoms with Gasteiger partial charge in [-0.25, -0.2) is 8.42 Å². The summed E-state index contributed by atoms with van der Waals surface area (Å²) in [4.78, 5) is 12.4. The Morgan fingerprint density at radius 2 is 1.75 bits per heavy atom. The summed E-state index contributed by atoms with van der Waals surface area (Å²) in [6.45, 7) is 1.73. The van der Waals surface area contributed by atoms with E-state index >= 15 is 0 Å². The molecule has 1 amide bonds. The predicted molar refractivity (Wildman–Crippen MR) is 98.4 cm³/mol. The number of carbonyl (C=O) groups is 1. The van der Waals surface area contributed by atoms with Crippen LogP contribution in [0.25, 0.3) is 0 Å². The summed E-state index contributed by atoms with van der Waals surface area (Å²) in [6.07, 6.45) is 0.779. The van der Waals surface area contributed by atoms with Gasteiger partial charge in [-0.2, -0.15) is 4.31 Å². The minimum atomic E-state index is -3.75. The van der Waals surface area contributed by atoms with Crippen molar-refractivity contribution in [3.05, 3.63) is 58.6 Å². The number of benzene rings is 2. The first-order chi connectivity index (χ1) is 11.4. The van der Waals surface area contributed by atoms with Gasteiger partial charge in [0.15, 0.2) is 0 Å². The van der Waals surface area contributed by atoms with E-state index in [-0.39, 0.29) is 17.3 Å². The molecule has 2 rings (SSSR count). The fourth-order valence-electron chi connectivity index (χ4n) is 2.25. The van der Waals surface area contributed by atoms with Gasteiger partial charge in [-0.1, -0.05) is 37.3 Å². The molecule has 5 nitrogen and oxygen atoms in total. The molecule has 0 radical (unpaired) electrons. The zero-order chi connectivity index (χ0) is 17.7. The Bertz CT molecular complexity index is 837. The number of rotatable bonds is 6. The summed E-state index contributed by atoms with van der Waals surface area (Å²) >= 11 is 3.23. The zero-order valence-corrected chi connectivity index (χ0v) is 15.9. The lowest BCUT2D eigenvalue weighted by Crippen LogP contribution is -2.35. The lowest BCUT2D eigenvalue weighted by atomic mass is 10.1. The molecule has 0 aliphatic heterocycles. The van der Waals surface area contributed by atoms with Gasteiger partial charge in [-0.05, 0) is 46.1 Å². The van der Waals surface area contributed by atoms with Crippen LogP contribution < -0.4 is 5.32 Å². The van der Waals surface area contributed by atoms with E-state index in [0.29, 0.717) is 10.2 Å². The average Bonchev–Trinajstić information content (AvgIpc) is 2.55. The third-order valence-corrected chi connectivity index (χ3v) is 6.38. The number of hydrogen-bond acceptors (Lipinski definition) is 3. The van der Waals surface area contributed by atoms with Crippen LogP contribution in [0.4, 0.5) is 5.69 Å². The number of aryl methyl sites for hydroxylation is 1. The quantitative estimate of drug-likeness (QED) is 0.794. The lowest BCUT2D eigenvalue weighted by Gasteiger charge is -2.18. The van der Waals surface area contributed by atoms with Crippen molar-refractivity contribution in [3.8, 4) is 0 Å².